The van der Waals surface area contributed by atoms with Crippen molar-refractivity contribution in [3.8, 4) is 5.75 Å². The lowest BCUT2D eigenvalue weighted by atomic mass is 9.78. The number of carboxylic acid groups (broad SMARTS) is 1. The molecule has 8 heteroatoms. The number of anilines is 1. The predicted molar refractivity (Wildman–Crippen MR) is 187 cm³/mol. The number of carboxylic acids is 1. The summed E-state index contributed by atoms with van der Waals surface area (Å²) in [5.41, 5.74) is 3.90. The Kier molecular flexibility index (Phi) is 7.94. The molecule has 4 aromatic carbocycles. The number of para-hydroxylation sites is 1. The summed E-state index contributed by atoms with van der Waals surface area (Å²) in [4.78, 5) is 56.7. The molecule has 0 fully saturated rings. The van der Waals surface area contributed by atoms with Crippen molar-refractivity contribution in [2.75, 3.05) is 5.32 Å². The van der Waals surface area contributed by atoms with E-state index < -0.39 is 17.7 Å². The number of rotatable bonds is 6. The van der Waals surface area contributed by atoms with Crippen LogP contribution in [0, 0.1) is 0 Å². The van der Waals surface area contributed by atoms with Gasteiger partial charge in [-0.2, -0.15) is 0 Å². The lowest BCUT2D eigenvalue weighted by Gasteiger charge is -2.28. The Morgan fingerprint density at radius 2 is 1.38 bits per heavy atom. The molecule has 8 nitrogen and oxygen atoms in total. The summed E-state index contributed by atoms with van der Waals surface area (Å²) in [7, 11) is 0. The smallest absolute Gasteiger partial charge is 0.335 e. The number of nitrogens with zero attached hydrogens (tertiary/aromatic N) is 1. The van der Waals surface area contributed by atoms with Crippen LogP contribution in [0.1, 0.15) is 107 Å². The van der Waals surface area contributed by atoms with Crippen molar-refractivity contribution in [1.82, 2.24) is 4.98 Å². The zero-order chi connectivity index (χ0) is 34.7. The van der Waals surface area contributed by atoms with Gasteiger partial charge in [-0.1, -0.05) is 77.9 Å². The Hall–Kier alpha value is -5.37. The van der Waals surface area contributed by atoms with Gasteiger partial charge in [0.25, 0.3) is 0 Å². The number of aryl methyl sites for hydroxylation is 1. The second-order valence-corrected chi connectivity index (χ2v) is 14.6. The minimum absolute atomic E-state index is 0.0916. The molecule has 0 spiro atoms. The van der Waals surface area contributed by atoms with Gasteiger partial charge in [0.15, 0.2) is 11.6 Å². The maximum atomic E-state index is 13.6. The summed E-state index contributed by atoms with van der Waals surface area (Å²) in [6, 6.07) is 20.6. The van der Waals surface area contributed by atoms with Crippen molar-refractivity contribution in [2.24, 2.45) is 0 Å². The highest BCUT2D eigenvalue weighted by Gasteiger charge is 2.41. The number of aromatic carboxylic acids is 1. The highest BCUT2D eigenvalue weighted by atomic mass is 16.4. The summed E-state index contributed by atoms with van der Waals surface area (Å²) in [6.45, 7) is 12.3. The molecule has 48 heavy (non-hydrogen) atoms. The summed E-state index contributed by atoms with van der Waals surface area (Å²) < 4.78 is 0. The van der Waals surface area contributed by atoms with Crippen molar-refractivity contribution in [1.29, 1.82) is 0 Å². The van der Waals surface area contributed by atoms with Crippen LogP contribution < -0.4 is 5.32 Å². The van der Waals surface area contributed by atoms with Crippen LogP contribution >= 0.6 is 0 Å². The van der Waals surface area contributed by atoms with Crippen LogP contribution in [0.3, 0.4) is 0 Å². The van der Waals surface area contributed by atoms with E-state index >= 15 is 0 Å². The fourth-order valence-corrected chi connectivity index (χ4v) is 6.41. The van der Waals surface area contributed by atoms with Gasteiger partial charge in [-0.25, -0.2) is 9.78 Å². The Morgan fingerprint density at radius 3 is 1.98 bits per heavy atom. The van der Waals surface area contributed by atoms with Crippen LogP contribution in [-0.2, 0) is 22.0 Å². The fraction of sp³-hybridized carbons (Fsp3) is 0.275. The number of carbonyl (C=O) groups excluding carboxylic acids is 3. The van der Waals surface area contributed by atoms with Crippen molar-refractivity contribution >= 4 is 50.8 Å². The number of amides is 1. The molecule has 1 aliphatic carbocycles. The van der Waals surface area contributed by atoms with Crippen molar-refractivity contribution in [3.63, 3.8) is 0 Å². The van der Waals surface area contributed by atoms with Gasteiger partial charge >= 0.3 is 5.97 Å². The SMILES string of the molecule is CC(C)(C)c1cc(CCC(=O)Nc2cccc3ccc(C4C(=O)c5cc6ccc(C(=O)O)cc6cc5C4=O)nc23)cc(C(C)(C)C)c1O. The number of aromatic hydroxyl groups is 1. The molecule has 1 amide bonds. The van der Waals surface area contributed by atoms with Gasteiger partial charge in [0.2, 0.25) is 5.91 Å². The van der Waals surface area contributed by atoms with Gasteiger partial charge in [0, 0.05) is 22.9 Å². The lowest BCUT2D eigenvalue weighted by Crippen LogP contribution is -2.18. The molecule has 6 rings (SSSR count). The molecular weight excluding hydrogens is 604 g/mol. The largest absolute Gasteiger partial charge is 0.507 e. The minimum atomic E-state index is -1.15. The quantitative estimate of drug-likeness (QED) is 0.159. The molecule has 0 saturated carbocycles. The number of carbonyl (C=O) groups is 4. The number of ketones is 2. The Morgan fingerprint density at radius 1 is 0.771 bits per heavy atom. The first-order chi connectivity index (χ1) is 22.5. The molecule has 1 aromatic heterocycles. The zero-order valence-electron chi connectivity index (χ0n) is 27.9. The lowest BCUT2D eigenvalue weighted by molar-refractivity contribution is -0.116. The van der Waals surface area contributed by atoms with E-state index in [1.165, 1.54) is 12.1 Å². The molecule has 1 atom stereocenters. The van der Waals surface area contributed by atoms with Gasteiger partial charge in [0.05, 0.1) is 22.5 Å². The minimum Gasteiger partial charge on any atom is -0.507 e. The molecule has 0 bridgehead atoms. The van der Waals surface area contributed by atoms with E-state index in [4.69, 9.17) is 4.98 Å². The summed E-state index contributed by atoms with van der Waals surface area (Å²) in [5, 5.41) is 25.4. The van der Waals surface area contributed by atoms with Crippen molar-refractivity contribution in [2.45, 2.75) is 71.1 Å². The predicted octanol–water partition coefficient (Wildman–Crippen LogP) is 8.12. The normalized spacial score (nSPS) is 14.8. The first-order valence-corrected chi connectivity index (χ1v) is 16.0. The van der Waals surface area contributed by atoms with E-state index in [-0.39, 0.29) is 51.3 Å². The topological polar surface area (TPSA) is 134 Å². The third kappa shape index (κ3) is 5.94. The van der Waals surface area contributed by atoms with Gasteiger partial charge in [-0.3, -0.25) is 14.4 Å². The number of nitrogens with one attached hydrogen (secondary N) is 1. The summed E-state index contributed by atoms with van der Waals surface area (Å²) >= 11 is 0. The second kappa shape index (κ2) is 11.7. The zero-order valence-corrected chi connectivity index (χ0v) is 27.9. The molecule has 1 unspecified atom stereocenters. The second-order valence-electron chi connectivity index (χ2n) is 14.6. The van der Waals surface area contributed by atoms with Crippen molar-refractivity contribution in [3.05, 3.63) is 112 Å². The first kappa shape index (κ1) is 32.6. The molecule has 0 radical (unpaired) electrons. The molecule has 244 valence electrons. The summed E-state index contributed by atoms with van der Waals surface area (Å²) in [5.74, 6) is -2.91. The number of Topliss-reactive ketones (excluding diaryl/α,β-unsaturated/α-hetero) is 2. The van der Waals surface area contributed by atoms with E-state index in [2.05, 4.69) is 46.9 Å². The van der Waals surface area contributed by atoms with Crippen LogP contribution in [-0.4, -0.2) is 38.6 Å². The maximum absolute atomic E-state index is 13.6. The number of fused-ring (bicyclic) bond motifs is 3. The Bertz CT molecular complexity index is 2150. The molecule has 1 aliphatic rings. The molecular formula is C40H38N2O6. The standard InChI is InChI=1S/C40H38N2O6/c1-39(2,3)28-16-21(17-29(37(28)46)40(4,5)6)10-15-32(43)41-31-9-7-8-22-13-14-30(42-34(22)31)33-35(44)26-19-23-11-12-24(38(47)48)18-25(23)20-27(26)36(33)45/h7-9,11-14,16-20,33,46H,10,15H2,1-6H3,(H,41,43)(H,47,48). The average molecular weight is 643 g/mol. The Labute approximate surface area is 278 Å². The van der Waals surface area contributed by atoms with Gasteiger partial charge in [0.1, 0.15) is 11.7 Å². The van der Waals surface area contributed by atoms with E-state index in [1.54, 1.807) is 36.4 Å². The van der Waals surface area contributed by atoms with E-state index in [0.717, 1.165) is 22.1 Å². The van der Waals surface area contributed by atoms with Crippen molar-refractivity contribution < 1.29 is 29.4 Å². The number of hydrogen-bond donors (Lipinski definition) is 3. The van der Waals surface area contributed by atoms with E-state index in [9.17, 15) is 29.4 Å². The first-order valence-electron chi connectivity index (χ1n) is 16.0. The van der Waals surface area contributed by atoms with Crippen LogP contribution in [0.5, 0.6) is 5.75 Å². The van der Waals surface area contributed by atoms with Gasteiger partial charge in [-0.05, 0) is 81.1 Å². The molecule has 3 N–H and O–H groups in total. The highest BCUT2D eigenvalue weighted by Crippen LogP contribution is 2.40. The van der Waals surface area contributed by atoms with Gasteiger partial charge < -0.3 is 15.5 Å². The number of benzene rings is 4. The molecule has 0 saturated heterocycles. The monoisotopic (exact) mass is 642 g/mol. The Balaban J connectivity index is 1.26. The number of hydrogen-bond acceptors (Lipinski definition) is 6. The van der Waals surface area contributed by atoms with E-state index in [0.29, 0.717) is 34.1 Å². The molecule has 1 heterocycles. The molecule has 0 aliphatic heterocycles. The number of pyridine rings is 1. The number of phenols is 1. The summed E-state index contributed by atoms with van der Waals surface area (Å²) in [6.07, 6.45) is 0.660. The number of phenolic OH excluding ortho intramolecular Hbond substituents is 1. The van der Waals surface area contributed by atoms with Crippen LogP contribution in [0.2, 0.25) is 0 Å². The maximum Gasteiger partial charge on any atom is 0.335 e. The van der Waals surface area contributed by atoms with Crippen LogP contribution in [0.25, 0.3) is 21.7 Å². The van der Waals surface area contributed by atoms with Crippen LogP contribution in [0.15, 0.2) is 72.8 Å². The molecule has 5 aromatic rings. The fourth-order valence-electron chi connectivity index (χ4n) is 6.41. The average Bonchev–Trinajstić information content (AvgIpc) is 3.26. The highest BCUT2D eigenvalue weighted by molar-refractivity contribution is 6.31. The number of aromatic nitrogens is 1. The van der Waals surface area contributed by atoms with E-state index in [1.807, 2.05) is 24.3 Å². The van der Waals surface area contributed by atoms with Crippen LogP contribution in [0.4, 0.5) is 5.69 Å². The van der Waals surface area contributed by atoms with Gasteiger partial charge in [-0.15, -0.1) is 0 Å². The third-order valence-electron chi connectivity index (χ3n) is 9.02. The third-order valence-corrected chi connectivity index (χ3v) is 9.02.